The third-order valence-electron chi connectivity index (χ3n) is 6.95. The van der Waals surface area contributed by atoms with Gasteiger partial charge in [-0.1, -0.05) is 125 Å². The van der Waals surface area contributed by atoms with Gasteiger partial charge in [-0.2, -0.15) is 0 Å². The Morgan fingerprint density at radius 1 is 0.778 bits per heavy atom. The Morgan fingerprint density at radius 3 is 1.72 bits per heavy atom. The predicted octanol–water partition coefficient (Wildman–Crippen LogP) is 11.0. The normalized spacial score (nSPS) is 15.3. The van der Waals surface area contributed by atoms with Crippen LogP contribution in [0.2, 0.25) is 0 Å². The summed E-state index contributed by atoms with van der Waals surface area (Å²) < 4.78 is 5.25. The van der Waals surface area contributed by atoms with Crippen LogP contribution in [0.15, 0.2) is 23.5 Å². The highest BCUT2D eigenvalue weighted by Gasteiger charge is 2.15. The van der Waals surface area contributed by atoms with Gasteiger partial charge in [0.2, 0.25) is 0 Å². The van der Waals surface area contributed by atoms with Gasteiger partial charge in [0.25, 0.3) is 0 Å². The highest BCUT2D eigenvalue weighted by atomic mass is 31.0. The fourth-order valence-electron chi connectivity index (χ4n) is 5.08. The van der Waals surface area contributed by atoms with Crippen molar-refractivity contribution < 1.29 is 4.74 Å². The van der Waals surface area contributed by atoms with Crippen LogP contribution in [0.1, 0.15) is 145 Å². The molecule has 0 fully saturated rings. The number of rotatable bonds is 18. The number of hydrogen-bond donors (Lipinski definition) is 1. The van der Waals surface area contributed by atoms with E-state index in [1.54, 1.807) is 12.7 Å². The minimum Gasteiger partial charge on any atom is -0.497 e. The third-order valence-corrected chi connectivity index (χ3v) is 6.95. The maximum Gasteiger partial charge on any atom is 0.114 e. The lowest BCUT2D eigenvalue weighted by Crippen LogP contribution is -2.19. The Bertz CT molecular complexity index is 468. The summed E-state index contributed by atoms with van der Waals surface area (Å²) in [5, 5.41) is 3.56. The van der Waals surface area contributed by atoms with Crippen molar-refractivity contribution in [2.24, 2.45) is 17.8 Å². The van der Waals surface area contributed by atoms with E-state index in [1.165, 1.54) is 96.6 Å². The van der Waals surface area contributed by atoms with E-state index < -0.39 is 0 Å². The van der Waals surface area contributed by atoms with Crippen LogP contribution in [0.25, 0.3) is 0 Å². The quantitative estimate of drug-likeness (QED) is 0.141. The standard InChI is InChI=1S/C18H39N.C12H20O.C2H6.CH5P/c1-5-9-17(10-6-2)12-13-18(11-7-3)14-16-19-15-8-4;1-4-6-11-9-12(13-3)8-7-10(11)5-2;2*1-2/h17-19H,5-16H2,1-4H3;8-10H,4-7H2,1-3H3;1-2H3;2H2,1H3. The van der Waals surface area contributed by atoms with Crippen LogP contribution in [0.5, 0.6) is 0 Å². The van der Waals surface area contributed by atoms with Crippen molar-refractivity contribution in [3.63, 3.8) is 0 Å². The fourth-order valence-corrected chi connectivity index (χ4v) is 5.08. The number of methoxy groups -OCH3 is 1. The summed E-state index contributed by atoms with van der Waals surface area (Å²) in [6, 6.07) is 0. The molecule has 218 valence electrons. The molecule has 1 aliphatic rings. The Morgan fingerprint density at radius 2 is 1.31 bits per heavy atom. The molecule has 36 heavy (non-hydrogen) atoms. The molecule has 0 aliphatic heterocycles. The lowest BCUT2D eigenvalue weighted by atomic mass is 9.86. The molecule has 0 saturated heterocycles. The first-order valence-electron chi connectivity index (χ1n) is 15.8. The van der Waals surface area contributed by atoms with Crippen LogP contribution < -0.4 is 5.32 Å². The largest absolute Gasteiger partial charge is 0.497 e. The van der Waals surface area contributed by atoms with Crippen molar-refractivity contribution in [1.82, 2.24) is 5.32 Å². The molecule has 0 spiro atoms. The van der Waals surface area contributed by atoms with Gasteiger partial charge >= 0.3 is 0 Å². The van der Waals surface area contributed by atoms with Gasteiger partial charge < -0.3 is 10.1 Å². The molecule has 0 saturated carbocycles. The summed E-state index contributed by atoms with van der Waals surface area (Å²) in [4.78, 5) is 0. The molecule has 0 radical (unpaired) electrons. The molecule has 3 heteroatoms. The second-order valence-electron chi connectivity index (χ2n) is 9.83. The first kappa shape index (κ1) is 40.2. The van der Waals surface area contributed by atoms with Gasteiger partial charge in [-0.15, -0.1) is 9.24 Å². The van der Waals surface area contributed by atoms with E-state index in [1.807, 2.05) is 20.5 Å². The molecule has 0 bridgehead atoms. The average molecular weight is 528 g/mol. The second kappa shape index (κ2) is 32.7. The van der Waals surface area contributed by atoms with Crippen molar-refractivity contribution in [3.05, 3.63) is 23.5 Å². The number of allylic oxidation sites excluding steroid dienone is 3. The molecule has 3 atom stereocenters. The SMILES string of the molecule is CC.CCCC1=CC(OC)=CCC1CC.CCCNCCC(CCC)CCC(CCC)CCC.CP. The van der Waals surface area contributed by atoms with Gasteiger partial charge in [0.15, 0.2) is 0 Å². The van der Waals surface area contributed by atoms with Crippen LogP contribution in [0, 0.1) is 17.8 Å². The van der Waals surface area contributed by atoms with Crippen molar-refractivity contribution in [2.45, 2.75) is 145 Å². The molecule has 1 aliphatic carbocycles. The predicted molar refractivity (Wildman–Crippen MR) is 172 cm³/mol. The van der Waals surface area contributed by atoms with Crippen molar-refractivity contribution in [3.8, 4) is 0 Å². The molecule has 3 unspecified atom stereocenters. The van der Waals surface area contributed by atoms with Crippen LogP contribution in [-0.4, -0.2) is 26.9 Å². The second-order valence-corrected chi connectivity index (χ2v) is 9.83. The van der Waals surface area contributed by atoms with Gasteiger partial charge in [-0.25, -0.2) is 0 Å². The number of hydrogen-bond acceptors (Lipinski definition) is 2. The first-order chi connectivity index (χ1) is 17.6. The Labute approximate surface area is 232 Å². The fraction of sp³-hybridized carbons (Fsp3) is 0.879. The van der Waals surface area contributed by atoms with Gasteiger partial charge in [0, 0.05) is 0 Å². The van der Waals surface area contributed by atoms with E-state index in [4.69, 9.17) is 4.74 Å². The molecule has 1 rings (SSSR count). The summed E-state index contributed by atoms with van der Waals surface area (Å²) >= 11 is 0. The Hall–Kier alpha value is -0.330. The van der Waals surface area contributed by atoms with E-state index in [0.717, 1.165) is 29.9 Å². The zero-order valence-corrected chi connectivity index (χ0v) is 27.8. The zero-order chi connectivity index (χ0) is 28.0. The summed E-state index contributed by atoms with van der Waals surface area (Å²) in [6.07, 6.45) is 23.3. The van der Waals surface area contributed by atoms with Crippen LogP contribution in [-0.2, 0) is 4.74 Å². The average Bonchev–Trinajstić information content (AvgIpc) is 2.92. The highest BCUT2D eigenvalue weighted by molar-refractivity contribution is 7.15. The Balaban J connectivity index is -0.000000555. The van der Waals surface area contributed by atoms with Crippen LogP contribution in [0.4, 0.5) is 0 Å². The summed E-state index contributed by atoms with van der Waals surface area (Å²) in [5.74, 6) is 3.77. The summed E-state index contributed by atoms with van der Waals surface area (Å²) in [7, 11) is 4.16. The van der Waals surface area contributed by atoms with Crippen molar-refractivity contribution >= 4 is 9.24 Å². The highest BCUT2D eigenvalue weighted by Crippen LogP contribution is 2.29. The monoisotopic (exact) mass is 528 g/mol. The zero-order valence-electron chi connectivity index (χ0n) is 26.7. The van der Waals surface area contributed by atoms with Gasteiger partial charge in [0.05, 0.1) is 7.11 Å². The maximum atomic E-state index is 5.25. The molecule has 0 heterocycles. The topological polar surface area (TPSA) is 21.3 Å². The molecule has 0 amide bonds. The minimum absolute atomic E-state index is 0.763. The smallest absolute Gasteiger partial charge is 0.114 e. The summed E-state index contributed by atoms with van der Waals surface area (Å²) in [6.45, 7) is 22.1. The van der Waals surface area contributed by atoms with E-state index in [-0.39, 0.29) is 0 Å². The van der Waals surface area contributed by atoms with E-state index in [2.05, 4.69) is 68.3 Å². The third kappa shape index (κ3) is 22.8. The molecule has 0 aromatic heterocycles. The molecule has 1 N–H and O–H groups in total. The van der Waals surface area contributed by atoms with Gasteiger partial charge in [-0.3, -0.25) is 0 Å². The number of ether oxygens (including phenoxy) is 1. The lowest BCUT2D eigenvalue weighted by molar-refractivity contribution is 0.299. The summed E-state index contributed by atoms with van der Waals surface area (Å²) in [5.41, 5.74) is 1.57. The van der Waals surface area contributed by atoms with Crippen molar-refractivity contribution in [2.75, 3.05) is 26.9 Å². The Kier molecular flexibility index (Phi) is 36.5. The number of nitrogens with one attached hydrogen (secondary N) is 1. The molecular formula is C33H70NOP. The maximum absolute atomic E-state index is 5.25. The minimum atomic E-state index is 0.763. The lowest BCUT2D eigenvalue weighted by Gasteiger charge is -2.21. The van der Waals surface area contributed by atoms with E-state index >= 15 is 0 Å². The van der Waals surface area contributed by atoms with Gasteiger partial charge in [-0.05, 0) is 75.1 Å². The molecule has 2 nitrogen and oxygen atoms in total. The molecular weight excluding hydrogens is 457 g/mol. The van der Waals surface area contributed by atoms with Crippen LogP contribution in [0.3, 0.4) is 0 Å². The molecule has 0 aromatic rings. The molecule has 0 aromatic carbocycles. The first-order valence-corrected chi connectivity index (χ1v) is 17.0. The van der Waals surface area contributed by atoms with Crippen LogP contribution >= 0.6 is 9.24 Å². The van der Waals surface area contributed by atoms with E-state index in [0.29, 0.717) is 0 Å². The van der Waals surface area contributed by atoms with Gasteiger partial charge in [0.1, 0.15) is 5.76 Å². The van der Waals surface area contributed by atoms with Crippen molar-refractivity contribution in [1.29, 1.82) is 0 Å². The van der Waals surface area contributed by atoms with E-state index in [9.17, 15) is 0 Å².